The average Bonchev–Trinajstić information content (AvgIpc) is 2.73. The van der Waals surface area contributed by atoms with Gasteiger partial charge in [0.25, 0.3) is 0 Å². The van der Waals surface area contributed by atoms with Crippen molar-refractivity contribution in [3.8, 4) is 0 Å². The number of halogens is 2. The molecule has 0 aromatic rings. The summed E-state index contributed by atoms with van der Waals surface area (Å²) in [6.45, 7) is 23.7. The summed E-state index contributed by atoms with van der Waals surface area (Å²) in [5, 5.41) is 0. The number of hydrogen-bond acceptors (Lipinski definition) is 2. The van der Waals surface area contributed by atoms with Gasteiger partial charge in [0.05, 0.1) is 23.5 Å². The molecule has 4 unspecified atom stereocenters. The second kappa shape index (κ2) is 15.6. The molecule has 4 atom stereocenters. The van der Waals surface area contributed by atoms with Crippen LogP contribution >= 0.6 is 19.1 Å². The van der Waals surface area contributed by atoms with E-state index in [0.29, 0.717) is 35.8 Å². The van der Waals surface area contributed by atoms with Crippen molar-refractivity contribution in [1.82, 2.24) is 0 Å². The van der Waals surface area contributed by atoms with Crippen LogP contribution in [-0.2, 0) is 15.9 Å². The Balaban J connectivity index is 0.00000172. The van der Waals surface area contributed by atoms with Gasteiger partial charge in [-0.25, -0.2) is 0 Å². The Labute approximate surface area is 222 Å². The second-order valence-corrected chi connectivity index (χ2v) is 14.3. The molecule has 2 rings (SSSR count). The van der Waals surface area contributed by atoms with Crippen LogP contribution in [-0.4, -0.2) is 23.5 Å². The Hall–Kier alpha value is 0.582. The Morgan fingerprint density at radius 3 is 0.970 bits per heavy atom. The molecule has 2 fully saturated rings. The fraction of sp³-hybridized carbons (Fsp3) is 0.929. The zero-order valence-electron chi connectivity index (χ0n) is 23.0. The van der Waals surface area contributed by atoms with Crippen LogP contribution in [0.2, 0.25) is 0 Å². The minimum absolute atomic E-state index is 0.106. The standard InChI is InChI=1S/C28H52N2.2ClH.Pd/c1-17(2)23-13-11-14-24(18(3)4)27(23)29-21(9)22(10)30-28-25(19(5)6)15-12-16-26(28)20(7)8;;;/h17-20,23-28H,11-16H2,1-10H3;2*1H;/q;;;+2/p-2. The third-order valence-corrected chi connectivity index (χ3v) is 8.54. The summed E-state index contributed by atoms with van der Waals surface area (Å²) < 4.78 is 0. The van der Waals surface area contributed by atoms with Crippen LogP contribution in [0.15, 0.2) is 9.98 Å². The first-order chi connectivity index (χ1) is 15.5. The summed E-state index contributed by atoms with van der Waals surface area (Å²) in [5.74, 6) is 5.70. The molecule has 0 aromatic carbocycles. The van der Waals surface area contributed by atoms with Gasteiger partial charge < -0.3 is 0 Å². The van der Waals surface area contributed by atoms with Gasteiger partial charge in [-0.1, -0.05) is 68.2 Å². The molecule has 0 heterocycles. The van der Waals surface area contributed by atoms with E-state index in [9.17, 15) is 0 Å². The van der Waals surface area contributed by atoms with Crippen LogP contribution in [0.4, 0.5) is 0 Å². The molecule has 0 N–H and O–H groups in total. The zero-order chi connectivity index (χ0) is 25.3. The molecule has 0 spiro atoms. The van der Waals surface area contributed by atoms with Crippen molar-refractivity contribution in [3.05, 3.63) is 0 Å². The molecule has 2 aliphatic rings. The maximum atomic E-state index is 5.43. The average molecular weight is 594 g/mol. The van der Waals surface area contributed by atoms with Crippen LogP contribution in [0.3, 0.4) is 0 Å². The number of rotatable bonds is 7. The molecular weight excluding hydrogens is 542 g/mol. The number of aliphatic imine (C=N–C) groups is 2. The summed E-state index contributed by atoms with van der Waals surface area (Å²) in [6, 6.07) is 0.939. The van der Waals surface area contributed by atoms with Gasteiger partial charge in [0.1, 0.15) is 0 Å². The first-order valence-corrected chi connectivity index (χ1v) is 17.4. The molecule has 2 aliphatic carbocycles. The topological polar surface area (TPSA) is 24.7 Å². The van der Waals surface area contributed by atoms with Gasteiger partial charge in [0.2, 0.25) is 0 Å². The molecule has 5 heteroatoms. The van der Waals surface area contributed by atoms with Gasteiger partial charge in [-0.05, 0) is 86.9 Å². The monoisotopic (exact) mass is 592 g/mol. The molecule has 0 bridgehead atoms. The van der Waals surface area contributed by atoms with Gasteiger partial charge in [0, 0.05) is 0 Å². The summed E-state index contributed by atoms with van der Waals surface area (Å²) in [4.78, 5) is 10.9. The Morgan fingerprint density at radius 1 is 0.576 bits per heavy atom. The fourth-order valence-electron chi connectivity index (χ4n) is 6.42. The van der Waals surface area contributed by atoms with E-state index in [1.807, 2.05) is 0 Å². The van der Waals surface area contributed by atoms with Crippen molar-refractivity contribution in [2.45, 2.75) is 120 Å². The van der Waals surface area contributed by atoms with E-state index in [2.05, 4.69) is 69.2 Å². The minimum atomic E-state index is -0.106. The molecule has 2 saturated carbocycles. The zero-order valence-corrected chi connectivity index (χ0v) is 26.0. The molecule has 0 radical (unpaired) electrons. The van der Waals surface area contributed by atoms with Crippen molar-refractivity contribution >= 4 is 30.5 Å². The Morgan fingerprint density at radius 2 is 0.788 bits per heavy atom. The van der Waals surface area contributed by atoms with E-state index in [1.54, 1.807) is 0 Å². The van der Waals surface area contributed by atoms with Gasteiger partial charge in [-0.3, -0.25) is 9.98 Å². The predicted octanol–water partition coefficient (Wildman–Crippen LogP) is 9.48. The molecule has 33 heavy (non-hydrogen) atoms. The van der Waals surface area contributed by atoms with Crippen molar-refractivity contribution in [2.24, 2.45) is 57.3 Å². The van der Waals surface area contributed by atoms with Crippen molar-refractivity contribution in [2.75, 3.05) is 0 Å². The van der Waals surface area contributed by atoms with Crippen molar-refractivity contribution in [1.29, 1.82) is 0 Å². The number of nitrogens with zero attached hydrogens (tertiary/aromatic N) is 2. The predicted molar refractivity (Wildman–Crippen MR) is 147 cm³/mol. The van der Waals surface area contributed by atoms with E-state index in [-0.39, 0.29) is 15.9 Å². The molecular formula is C28H52Cl2N2Pd. The maximum absolute atomic E-state index is 5.43. The summed E-state index contributed by atoms with van der Waals surface area (Å²) >= 11 is -0.106. The van der Waals surface area contributed by atoms with Crippen LogP contribution < -0.4 is 0 Å². The first kappa shape index (κ1) is 31.6. The molecule has 0 amide bonds. The molecule has 0 saturated heterocycles. The fourth-order valence-corrected chi connectivity index (χ4v) is 6.42. The summed E-state index contributed by atoms with van der Waals surface area (Å²) in [6.07, 6.45) is 8.10. The van der Waals surface area contributed by atoms with Gasteiger partial charge in [0.15, 0.2) is 0 Å². The number of hydrogen-bond donors (Lipinski definition) is 0. The van der Waals surface area contributed by atoms with Gasteiger partial charge in [-0.15, -0.1) is 0 Å². The van der Waals surface area contributed by atoms with Crippen LogP contribution in [0.5, 0.6) is 0 Å². The van der Waals surface area contributed by atoms with E-state index >= 15 is 0 Å². The van der Waals surface area contributed by atoms with Gasteiger partial charge >= 0.3 is 35.0 Å². The normalized spacial score (nSPS) is 32.0. The molecule has 198 valence electrons. The third kappa shape index (κ3) is 9.52. The van der Waals surface area contributed by atoms with E-state index in [1.165, 1.54) is 49.9 Å². The van der Waals surface area contributed by atoms with Gasteiger partial charge in [-0.2, -0.15) is 0 Å². The van der Waals surface area contributed by atoms with Crippen LogP contribution in [0, 0.1) is 47.3 Å². The summed E-state index contributed by atoms with van der Waals surface area (Å²) in [7, 11) is 9.63. The Kier molecular flexibility index (Phi) is 15.0. The van der Waals surface area contributed by atoms with Crippen LogP contribution in [0.25, 0.3) is 0 Å². The molecule has 2 nitrogen and oxygen atoms in total. The van der Waals surface area contributed by atoms with E-state index in [0.717, 1.165) is 23.7 Å². The second-order valence-electron chi connectivity index (χ2n) is 11.9. The quantitative estimate of drug-likeness (QED) is 0.207. The molecule has 0 aromatic heterocycles. The summed E-state index contributed by atoms with van der Waals surface area (Å²) in [5.41, 5.74) is 2.41. The van der Waals surface area contributed by atoms with E-state index in [4.69, 9.17) is 29.0 Å². The third-order valence-electron chi connectivity index (χ3n) is 8.54. The molecule has 0 aliphatic heterocycles. The SMILES string of the molecule is CC(=NC1C(C(C)C)CCCC1C(C)C)C(C)=NC1C(C(C)C)CCCC1C(C)C.[Cl][Pd][Cl]. The van der Waals surface area contributed by atoms with E-state index < -0.39 is 0 Å². The van der Waals surface area contributed by atoms with Crippen LogP contribution in [0.1, 0.15) is 108 Å². The first-order valence-electron chi connectivity index (χ1n) is 13.4. The Bertz CT molecular complexity index is 531. The van der Waals surface area contributed by atoms with Crippen molar-refractivity contribution < 1.29 is 15.9 Å². The van der Waals surface area contributed by atoms with Crippen molar-refractivity contribution in [3.63, 3.8) is 0 Å².